The zero-order chi connectivity index (χ0) is 18.4. The van der Waals surface area contributed by atoms with Crippen LogP contribution in [0.15, 0.2) is 42.5 Å². The van der Waals surface area contributed by atoms with Gasteiger partial charge in [-0.15, -0.1) is 12.4 Å². The molecule has 0 aliphatic heterocycles. The summed E-state index contributed by atoms with van der Waals surface area (Å²) in [5.41, 5.74) is 5.83. The Morgan fingerprint density at radius 3 is 2.50 bits per heavy atom. The van der Waals surface area contributed by atoms with Crippen molar-refractivity contribution < 1.29 is 22.7 Å². The van der Waals surface area contributed by atoms with Gasteiger partial charge in [0.05, 0.1) is 12.7 Å². The molecule has 142 valence electrons. The highest BCUT2D eigenvalue weighted by atomic mass is 35.5. The van der Waals surface area contributed by atoms with Crippen molar-refractivity contribution in [3.8, 4) is 5.75 Å². The van der Waals surface area contributed by atoms with E-state index in [0.29, 0.717) is 17.7 Å². The van der Waals surface area contributed by atoms with Crippen molar-refractivity contribution in [3.05, 3.63) is 59.2 Å². The zero-order valence-electron chi connectivity index (χ0n) is 14.1. The summed E-state index contributed by atoms with van der Waals surface area (Å²) in [6.45, 7) is -0.0476. The number of halogens is 4. The third kappa shape index (κ3) is 5.93. The van der Waals surface area contributed by atoms with Crippen LogP contribution < -0.4 is 15.8 Å². The molecule has 4 nitrogen and oxygen atoms in total. The summed E-state index contributed by atoms with van der Waals surface area (Å²) < 4.78 is 43.9. The van der Waals surface area contributed by atoms with Crippen LogP contribution >= 0.6 is 12.4 Å². The highest BCUT2D eigenvalue weighted by Gasteiger charge is 2.31. The van der Waals surface area contributed by atoms with Crippen molar-refractivity contribution in [1.29, 1.82) is 0 Å². The number of methoxy groups -OCH3 is 1. The first-order chi connectivity index (χ1) is 11.8. The Morgan fingerprint density at radius 2 is 1.88 bits per heavy atom. The standard InChI is InChI=1S/C18H19F3N2O2.ClH/c1-25-16-5-3-2-4-13(16)6-7-17(24)23-15-9-12(11-22)8-14(10-15)18(19,20)21;/h2-5,8-10H,6-7,11,22H2,1H3,(H,23,24);1H. The summed E-state index contributed by atoms with van der Waals surface area (Å²) >= 11 is 0. The fourth-order valence-electron chi connectivity index (χ4n) is 2.43. The predicted octanol–water partition coefficient (Wildman–Crippen LogP) is 4.17. The molecule has 0 saturated carbocycles. The lowest BCUT2D eigenvalue weighted by Gasteiger charge is -2.13. The molecule has 2 rings (SSSR count). The van der Waals surface area contributed by atoms with Crippen LogP contribution in [-0.2, 0) is 23.9 Å². The van der Waals surface area contributed by atoms with Crippen LogP contribution in [0.4, 0.5) is 18.9 Å². The maximum Gasteiger partial charge on any atom is 0.416 e. The van der Waals surface area contributed by atoms with Gasteiger partial charge in [0.1, 0.15) is 5.75 Å². The molecule has 3 N–H and O–H groups in total. The van der Waals surface area contributed by atoms with Crippen molar-refractivity contribution in [3.63, 3.8) is 0 Å². The second kappa shape index (κ2) is 9.45. The molecule has 0 heterocycles. The molecule has 0 atom stereocenters. The number of hydrogen-bond donors (Lipinski definition) is 2. The topological polar surface area (TPSA) is 64.3 Å². The lowest BCUT2D eigenvalue weighted by atomic mass is 10.1. The Labute approximate surface area is 155 Å². The molecule has 0 aliphatic rings. The number of hydrogen-bond acceptors (Lipinski definition) is 3. The molecular weight excluding hydrogens is 369 g/mol. The Kier molecular flexibility index (Phi) is 7.92. The molecule has 1 amide bonds. The summed E-state index contributed by atoms with van der Waals surface area (Å²) in [6, 6.07) is 10.6. The minimum atomic E-state index is -4.50. The average Bonchev–Trinajstić information content (AvgIpc) is 2.59. The number of rotatable bonds is 6. The normalized spacial score (nSPS) is 10.8. The van der Waals surface area contributed by atoms with Gasteiger partial charge in [0.25, 0.3) is 0 Å². The molecule has 2 aromatic rings. The SMILES string of the molecule is COc1ccccc1CCC(=O)Nc1cc(CN)cc(C(F)(F)F)c1.Cl. The minimum Gasteiger partial charge on any atom is -0.496 e. The summed E-state index contributed by atoms with van der Waals surface area (Å²) in [7, 11) is 1.54. The molecule has 0 aromatic heterocycles. The quantitative estimate of drug-likeness (QED) is 0.780. The highest BCUT2D eigenvalue weighted by Crippen LogP contribution is 2.32. The largest absolute Gasteiger partial charge is 0.496 e. The molecule has 26 heavy (non-hydrogen) atoms. The molecule has 2 aromatic carbocycles. The number of carbonyl (C=O) groups is 1. The number of nitrogens with one attached hydrogen (secondary N) is 1. The van der Waals surface area contributed by atoms with E-state index >= 15 is 0 Å². The van der Waals surface area contributed by atoms with Gasteiger partial charge in [-0.25, -0.2) is 0 Å². The van der Waals surface area contributed by atoms with E-state index in [1.54, 1.807) is 6.07 Å². The molecule has 0 unspecified atom stereocenters. The number of nitrogens with two attached hydrogens (primary N) is 1. The molecule has 0 saturated heterocycles. The third-order valence-electron chi connectivity index (χ3n) is 3.65. The van der Waals surface area contributed by atoms with Gasteiger partial charge in [-0.05, 0) is 41.8 Å². The Morgan fingerprint density at radius 1 is 1.19 bits per heavy atom. The van der Waals surface area contributed by atoms with Crippen LogP contribution in [0.5, 0.6) is 5.75 Å². The number of para-hydroxylation sites is 1. The van der Waals surface area contributed by atoms with Gasteiger partial charge in [-0.2, -0.15) is 13.2 Å². The van der Waals surface area contributed by atoms with E-state index in [9.17, 15) is 18.0 Å². The van der Waals surface area contributed by atoms with Gasteiger partial charge in [0, 0.05) is 18.7 Å². The average molecular weight is 389 g/mol. The molecule has 0 radical (unpaired) electrons. The fourth-order valence-corrected chi connectivity index (χ4v) is 2.43. The molecule has 0 aliphatic carbocycles. The Hall–Kier alpha value is -2.25. The number of aryl methyl sites for hydroxylation is 1. The maximum atomic E-state index is 12.9. The summed E-state index contributed by atoms with van der Waals surface area (Å²) in [6.07, 6.45) is -3.96. The second-order valence-electron chi connectivity index (χ2n) is 5.48. The lowest BCUT2D eigenvalue weighted by Crippen LogP contribution is -2.15. The first kappa shape index (κ1) is 21.8. The lowest BCUT2D eigenvalue weighted by molar-refractivity contribution is -0.137. The Bertz CT molecular complexity index is 751. The summed E-state index contributed by atoms with van der Waals surface area (Å²) in [5.74, 6) is 0.285. The number of amides is 1. The smallest absolute Gasteiger partial charge is 0.416 e. The van der Waals surface area contributed by atoms with E-state index in [0.717, 1.165) is 17.7 Å². The predicted molar refractivity (Wildman–Crippen MR) is 96.5 cm³/mol. The van der Waals surface area contributed by atoms with Crippen LogP contribution in [0, 0.1) is 0 Å². The monoisotopic (exact) mass is 388 g/mol. The summed E-state index contributed by atoms with van der Waals surface area (Å²) in [5, 5.41) is 2.50. The first-order valence-corrected chi connectivity index (χ1v) is 7.66. The number of anilines is 1. The van der Waals surface area contributed by atoms with Crippen molar-refractivity contribution >= 4 is 24.0 Å². The van der Waals surface area contributed by atoms with Gasteiger partial charge < -0.3 is 15.8 Å². The van der Waals surface area contributed by atoms with Gasteiger partial charge >= 0.3 is 6.18 Å². The van der Waals surface area contributed by atoms with Crippen LogP contribution in [0.2, 0.25) is 0 Å². The Balaban J connectivity index is 0.00000338. The first-order valence-electron chi connectivity index (χ1n) is 7.66. The molecule has 0 fully saturated rings. The van der Waals surface area contributed by atoms with Gasteiger partial charge in [-0.3, -0.25) is 4.79 Å². The van der Waals surface area contributed by atoms with E-state index in [1.807, 2.05) is 18.2 Å². The molecule has 8 heteroatoms. The van der Waals surface area contributed by atoms with Crippen molar-refractivity contribution in [1.82, 2.24) is 0 Å². The number of benzene rings is 2. The molecule has 0 spiro atoms. The van der Waals surface area contributed by atoms with Gasteiger partial charge in [-0.1, -0.05) is 18.2 Å². The van der Waals surface area contributed by atoms with Crippen LogP contribution in [-0.4, -0.2) is 13.0 Å². The highest BCUT2D eigenvalue weighted by molar-refractivity contribution is 5.91. The second-order valence-corrected chi connectivity index (χ2v) is 5.48. The van der Waals surface area contributed by atoms with Crippen molar-refractivity contribution in [2.75, 3.05) is 12.4 Å². The van der Waals surface area contributed by atoms with Crippen LogP contribution in [0.25, 0.3) is 0 Å². The minimum absolute atomic E-state index is 0. The van der Waals surface area contributed by atoms with Gasteiger partial charge in [0.2, 0.25) is 5.91 Å². The maximum absolute atomic E-state index is 12.9. The summed E-state index contributed by atoms with van der Waals surface area (Å²) in [4.78, 5) is 12.1. The number of carbonyl (C=O) groups excluding carboxylic acids is 1. The fraction of sp³-hybridized carbons (Fsp3) is 0.278. The third-order valence-corrected chi connectivity index (χ3v) is 3.65. The van der Waals surface area contributed by atoms with Crippen LogP contribution in [0.1, 0.15) is 23.1 Å². The van der Waals surface area contributed by atoms with E-state index < -0.39 is 11.7 Å². The molecular formula is C18H20ClF3N2O2. The van der Waals surface area contributed by atoms with Crippen molar-refractivity contribution in [2.24, 2.45) is 5.73 Å². The molecule has 0 bridgehead atoms. The van der Waals surface area contributed by atoms with E-state index in [2.05, 4.69) is 5.32 Å². The van der Waals surface area contributed by atoms with Crippen molar-refractivity contribution in [2.45, 2.75) is 25.6 Å². The van der Waals surface area contributed by atoms with E-state index in [4.69, 9.17) is 10.5 Å². The number of ether oxygens (including phenoxy) is 1. The van der Waals surface area contributed by atoms with Crippen LogP contribution in [0.3, 0.4) is 0 Å². The van der Waals surface area contributed by atoms with E-state index in [-0.39, 0.29) is 37.0 Å². The van der Waals surface area contributed by atoms with Gasteiger partial charge in [0.15, 0.2) is 0 Å². The zero-order valence-corrected chi connectivity index (χ0v) is 14.9. The number of alkyl halides is 3. The van der Waals surface area contributed by atoms with E-state index in [1.165, 1.54) is 13.2 Å².